The number of aliphatic hydroxyl groups is 1. The molecule has 7 atom stereocenters. The van der Waals surface area contributed by atoms with Crippen molar-refractivity contribution in [3.63, 3.8) is 0 Å². The van der Waals surface area contributed by atoms with Gasteiger partial charge in [0.25, 0.3) is 0 Å². The number of allylic oxidation sites excluding steroid dienone is 6. The molecule has 4 fully saturated rings. The summed E-state index contributed by atoms with van der Waals surface area (Å²) in [7, 11) is 0. The second-order valence-corrected chi connectivity index (χ2v) is 13.1. The van der Waals surface area contributed by atoms with Crippen LogP contribution in [0.15, 0.2) is 35.5 Å². The average molecular weight is 455 g/mol. The predicted octanol–water partition coefficient (Wildman–Crippen LogP) is 7.02. The zero-order chi connectivity index (χ0) is 24.2. The third-order valence-electron chi connectivity index (χ3n) is 10.8. The molecule has 3 aliphatic carbocycles. The van der Waals surface area contributed by atoms with Crippen molar-refractivity contribution in [2.24, 2.45) is 39.4 Å². The van der Waals surface area contributed by atoms with Crippen molar-refractivity contribution < 1.29 is 14.6 Å². The molecule has 0 unspecified atom stereocenters. The second-order valence-electron chi connectivity index (χ2n) is 13.1. The van der Waals surface area contributed by atoms with Crippen LogP contribution in [0, 0.1) is 39.4 Å². The molecule has 1 N–H and O–H groups in total. The highest BCUT2D eigenvalue weighted by molar-refractivity contribution is 5.73. The van der Waals surface area contributed by atoms with E-state index in [0.29, 0.717) is 30.8 Å². The number of carbonyl (C=O) groups is 1. The maximum Gasteiger partial charge on any atom is 0.306 e. The molecule has 4 rings (SSSR count). The third kappa shape index (κ3) is 3.77. The average Bonchev–Trinajstić information content (AvgIpc) is 3.11. The normalized spacial score (nSPS) is 45.0. The molecule has 0 aromatic rings. The van der Waals surface area contributed by atoms with Gasteiger partial charge in [0.05, 0.1) is 19.1 Å². The van der Waals surface area contributed by atoms with E-state index in [-0.39, 0.29) is 33.7 Å². The summed E-state index contributed by atoms with van der Waals surface area (Å²) >= 11 is 0. The van der Waals surface area contributed by atoms with Crippen LogP contribution in [0.25, 0.3) is 0 Å². The zero-order valence-corrected chi connectivity index (χ0v) is 22.0. The second kappa shape index (κ2) is 8.40. The number of cyclic esters (lactones) is 1. The maximum absolute atomic E-state index is 12.6. The molecular formula is C30H46O3. The first kappa shape index (κ1) is 24.8. The highest BCUT2D eigenvalue weighted by Gasteiger charge is 2.69. The number of carbonyl (C=O) groups excluding carboxylic acids is 1. The molecule has 3 nitrogen and oxygen atoms in total. The molecule has 3 heteroatoms. The van der Waals surface area contributed by atoms with Gasteiger partial charge in [0.15, 0.2) is 0 Å². The fraction of sp³-hybridized carbons (Fsp3) is 0.767. The van der Waals surface area contributed by atoms with Crippen LogP contribution in [0.2, 0.25) is 0 Å². The van der Waals surface area contributed by atoms with Crippen LogP contribution in [0.5, 0.6) is 0 Å². The van der Waals surface area contributed by atoms with Gasteiger partial charge in [0, 0.05) is 5.41 Å². The molecule has 1 heterocycles. The van der Waals surface area contributed by atoms with Crippen LogP contribution in [0.3, 0.4) is 0 Å². The first-order chi connectivity index (χ1) is 15.4. The van der Waals surface area contributed by atoms with Crippen molar-refractivity contribution in [3.05, 3.63) is 35.5 Å². The Labute approximate surface area is 201 Å². The van der Waals surface area contributed by atoms with Crippen LogP contribution >= 0.6 is 0 Å². The number of ether oxygens (including phenoxy) is 1. The summed E-state index contributed by atoms with van der Waals surface area (Å²) in [6, 6.07) is 0. The van der Waals surface area contributed by atoms with Gasteiger partial charge in [-0.3, -0.25) is 4.79 Å². The van der Waals surface area contributed by atoms with E-state index >= 15 is 0 Å². The van der Waals surface area contributed by atoms with Gasteiger partial charge in [0.1, 0.15) is 0 Å². The molecule has 184 valence electrons. The molecule has 0 radical (unpaired) electrons. The lowest BCUT2D eigenvalue weighted by molar-refractivity contribution is -0.222. The van der Waals surface area contributed by atoms with E-state index in [9.17, 15) is 9.90 Å². The number of rotatable bonds is 3. The lowest BCUT2D eigenvalue weighted by atomic mass is 9.35. The molecular weight excluding hydrogens is 408 g/mol. The lowest BCUT2D eigenvalue weighted by Gasteiger charge is -2.69. The lowest BCUT2D eigenvalue weighted by Crippen LogP contribution is -2.65. The minimum absolute atomic E-state index is 0.0142. The van der Waals surface area contributed by atoms with E-state index in [0.717, 1.165) is 32.1 Å². The van der Waals surface area contributed by atoms with Gasteiger partial charge in [-0.05, 0) is 93.3 Å². The molecule has 4 aliphatic rings. The topological polar surface area (TPSA) is 46.5 Å². The fourth-order valence-corrected chi connectivity index (χ4v) is 9.01. The Kier molecular flexibility index (Phi) is 6.30. The fourth-order valence-electron chi connectivity index (χ4n) is 9.01. The Balaban J connectivity index is 1.72. The van der Waals surface area contributed by atoms with E-state index in [4.69, 9.17) is 4.74 Å². The largest absolute Gasteiger partial charge is 0.465 e. The van der Waals surface area contributed by atoms with Gasteiger partial charge in [0.2, 0.25) is 0 Å². The van der Waals surface area contributed by atoms with Crippen molar-refractivity contribution in [2.45, 2.75) is 99.5 Å². The first-order valence-corrected chi connectivity index (χ1v) is 13.2. The number of hydrogen-bond acceptors (Lipinski definition) is 3. The molecule has 0 amide bonds. The summed E-state index contributed by atoms with van der Waals surface area (Å²) in [6.07, 6.45) is 15.9. The summed E-state index contributed by atoms with van der Waals surface area (Å²) in [5, 5.41) is 10.9. The summed E-state index contributed by atoms with van der Waals surface area (Å²) in [6.45, 7) is 16.6. The smallest absolute Gasteiger partial charge is 0.306 e. The van der Waals surface area contributed by atoms with Gasteiger partial charge in [-0.2, -0.15) is 0 Å². The first-order valence-electron chi connectivity index (χ1n) is 13.2. The number of aliphatic hydroxyl groups excluding tert-OH is 1. The Morgan fingerprint density at radius 1 is 1.00 bits per heavy atom. The molecule has 1 saturated heterocycles. The number of esters is 1. The number of fused-ring (bicyclic) bond motifs is 4. The van der Waals surface area contributed by atoms with Gasteiger partial charge < -0.3 is 9.84 Å². The summed E-state index contributed by atoms with van der Waals surface area (Å²) < 4.78 is 5.78. The standard InChI is InChI=1S/C30H46O3/c1-20(2)9-8-10-21(3)17-22-11-12-24-28(6)15-14-25(31)27(4,5)23(28)13-16-29(24,7)30(22)18-26(32)33-19-30/h8-10,17,22-25,31H,11-16,18-19H2,1-7H3/b10-8-,21-17+/t22-,23+,24-,25+,28+,29-,30+/m1/s1. The Bertz CT molecular complexity index is 875. The Morgan fingerprint density at radius 3 is 2.36 bits per heavy atom. The molecule has 3 saturated carbocycles. The Hall–Kier alpha value is -1.35. The predicted molar refractivity (Wildman–Crippen MR) is 135 cm³/mol. The summed E-state index contributed by atoms with van der Waals surface area (Å²) in [5.74, 6) is 1.45. The van der Waals surface area contributed by atoms with Gasteiger partial charge in [-0.25, -0.2) is 0 Å². The highest BCUT2D eigenvalue weighted by atomic mass is 16.5. The monoisotopic (exact) mass is 454 g/mol. The quantitative estimate of drug-likeness (QED) is 0.368. The van der Waals surface area contributed by atoms with Crippen LogP contribution < -0.4 is 0 Å². The summed E-state index contributed by atoms with van der Waals surface area (Å²) in [5.41, 5.74) is 2.69. The van der Waals surface area contributed by atoms with Crippen LogP contribution in [0.1, 0.15) is 93.4 Å². The van der Waals surface area contributed by atoms with Crippen molar-refractivity contribution in [1.29, 1.82) is 0 Å². The summed E-state index contributed by atoms with van der Waals surface area (Å²) in [4.78, 5) is 12.6. The van der Waals surface area contributed by atoms with Crippen molar-refractivity contribution in [1.82, 2.24) is 0 Å². The van der Waals surface area contributed by atoms with Crippen LogP contribution in [-0.2, 0) is 9.53 Å². The van der Waals surface area contributed by atoms with Crippen molar-refractivity contribution >= 4 is 5.97 Å². The third-order valence-corrected chi connectivity index (χ3v) is 10.8. The van der Waals surface area contributed by atoms with Gasteiger partial charge >= 0.3 is 5.97 Å². The van der Waals surface area contributed by atoms with E-state index in [2.05, 4.69) is 72.8 Å². The maximum atomic E-state index is 12.6. The molecule has 0 bridgehead atoms. The van der Waals surface area contributed by atoms with Crippen LogP contribution in [0.4, 0.5) is 0 Å². The van der Waals surface area contributed by atoms with E-state index in [1.165, 1.54) is 17.6 Å². The van der Waals surface area contributed by atoms with E-state index < -0.39 is 0 Å². The minimum Gasteiger partial charge on any atom is -0.465 e. The minimum atomic E-state index is -0.209. The molecule has 1 spiro atoms. The molecule has 1 aliphatic heterocycles. The highest BCUT2D eigenvalue weighted by Crippen LogP contribution is 2.73. The zero-order valence-electron chi connectivity index (χ0n) is 22.0. The van der Waals surface area contributed by atoms with Gasteiger partial charge in [-0.15, -0.1) is 0 Å². The molecule has 33 heavy (non-hydrogen) atoms. The van der Waals surface area contributed by atoms with Crippen LogP contribution in [-0.4, -0.2) is 23.8 Å². The van der Waals surface area contributed by atoms with E-state index in [1.54, 1.807) is 0 Å². The number of hydrogen-bond donors (Lipinski definition) is 1. The van der Waals surface area contributed by atoms with E-state index in [1.807, 2.05) is 0 Å². The Morgan fingerprint density at radius 2 is 1.73 bits per heavy atom. The molecule has 0 aromatic carbocycles. The van der Waals surface area contributed by atoms with Crippen molar-refractivity contribution in [3.8, 4) is 0 Å². The van der Waals surface area contributed by atoms with Gasteiger partial charge in [-0.1, -0.05) is 63.1 Å². The SMILES string of the molecule is CC(C)=C/C=C\C(C)=C\[C@H]1CC[C@@H]2[C@@]3(C)CC[C@H](O)C(C)(C)[C@@H]3CC[C@@]2(C)[C@@]12COC(=O)C2. The van der Waals surface area contributed by atoms with Crippen molar-refractivity contribution in [2.75, 3.05) is 6.61 Å². The molecule has 0 aromatic heterocycles.